The first-order valence-electron chi connectivity index (χ1n) is 14.0. The van der Waals surface area contributed by atoms with E-state index in [0.717, 1.165) is 17.9 Å². The molecule has 2 aromatic carbocycles. The molecule has 3 nitrogen and oxygen atoms in total. The summed E-state index contributed by atoms with van der Waals surface area (Å²) in [5.41, 5.74) is 5.33. The van der Waals surface area contributed by atoms with Crippen LogP contribution in [0, 0.1) is 6.92 Å². The van der Waals surface area contributed by atoms with E-state index < -0.39 is 0 Å². The molecule has 0 aliphatic heterocycles. The molecule has 0 fully saturated rings. The molecule has 0 radical (unpaired) electrons. The summed E-state index contributed by atoms with van der Waals surface area (Å²) in [7, 11) is 3.43. The molecule has 1 heterocycles. The Kier molecular flexibility index (Phi) is 10.2. The molecule has 0 N–H and O–H groups in total. The summed E-state index contributed by atoms with van der Waals surface area (Å²) in [6.45, 7) is 11.3. The topological polar surface area (TPSA) is 22.3 Å². The van der Waals surface area contributed by atoms with Gasteiger partial charge in [-0.2, -0.15) is 4.57 Å². The van der Waals surface area contributed by atoms with Gasteiger partial charge in [0, 0.05) is 31.5 Å². The first-order valence-corrected chi connectivity index (χ1v) is 14.0. The number of methoxy groups -OCH3 is 2. The Balaban J connectivity index is 1.91. The summed E-state index contributed by atoms with van der Waals surface area (Å²) in [5.74, 6) is 1.57. The second-order valence-corrected chi connectivity index (χ2v) is 11.2. The van der Waals surface area contributed by atoms with Gasteiger partial charge >= 0.3 is 0 Å². The number of nitrogens with zero attached hydrogens (tertiary/aromatic N) is 1. The van der Waals surface area contributed by atoms with E-state index in [1.54, 1.807) is 14.2 Å². The van der Waals surface area contributed by atoms with Crippen LogP contribution in [0.2, 0.25) is 0 Å². The van der Waals surface area contributed by atoms with Crippen molar-refractivity contribution in [2.24, 2.45) is 0 Å². The van der Waals surface area contributed by atoms with E-state index in [1.807, 2.05) is 0 Å². The number of aromatic nitrogens is 1. The first kappa shape index (κ1) is 28.0. The Hall–Kier alpha value is -2.55. The average molecular weight is 491 g/mol. The van der Waals surface area contributed by atoms with Crippen LogP contribution in [0.1, 0.15) is 102 Å². The number of benzene rings is 2. The van der Waals surface area contributed by atoms with E-state index in [9.17, 15) is 0 Å². The summed E-state index contributed by atoms with van der Waals surface area (Å²) in [4.78, 5) is 0. The minimum absolute atomic E-state index is 0.144. The fourth-order valence-electron chi connectivity index (χ4n) is 5.21. The average Bonchev–Trinajstić information content (AvgIpc) is 2.86. The predicted octanol–water partition coefficient (Wildman–Crippen LogP) is 8.81. The summed E-state index contributed by atoms with van der Waals surface area (Å²) in [5, 5.41) is 2.45. The number of ether oxygens (including phenoxy) is 2. The lowest BCUT2D eigenvalue weighted by Gasteiger charge is -2.19. The maximum atomic E-state index is 5.69. The smallest absolute Gasteiger partial charge is 0.211 e. The van der Waals surface area contributed by atoms with Gasteiger partial charge in [0.1, 0.15) is 0 Å². The van der Waals surface area contributed by atoms with Gasteiger partial charge in [0.2, 0.25) is 5.69 Å². The Morgan fingerprint density at radius 2 is 1.28 bits per heavy atom. The number of hydrogen-bond donors (Lipinski definition) is 0. The monoisotopic (exact) mass is 490 g/mol. The molecule has 0 aliphatic rings. The van der Waals surface area contributed by atoms with Crippen LogP contribution in [0.25, 0.3) is 16.5 Å². The fraction of sp³-hybridized carbons (Fsp3) is 0.545. The number of hydrogen-bond acceptors (Lipinski definition) is 2. The van der Waals surface area contributed by atoms with Crippen LogP contribution in [0.5, 0.6) is 11.5 Å². The van der Waals surface area contributed by atoms with Gasteiger partial charge < -0.3 is 9.47 Å². The van der Waals surface area contributed by atoms with E-state index in [2.05, 4.69) is 81.7 Å². The summed E-state index contributed by atoms with van der Waals surface area (Å²) in [6.07, 6.45) is 13.1. The van der Waals surface area contributed by atoms with Crippen molar-refractivity contribution in [3.05, 3.63) is 59.4 Å². The van der Waals surface area contributed by atoms with E-state index in [4.69, 9.17) is 9.47 Å². The Bertz CT molecular complexity index is 1110. The highest BCUT2D eigenvalue weighted by molar-refractivity contribution is 5.87. The van der Waals surface area contributed by atoms with Crippen molar-refractivity contribution < 1.29 is 14.0 Å². The Morgan fingerprint density at radius 1 is 0.722 bits per heavy atom. The molecule has 3 heteroatoms. The van der Waals surface area contributed by atoms with Gasteiger partial charge in [-0.1, -0.05) is 91.2 Å². The molecule has 0 saturated heterocycles. The standard InChI is InChI=1S/C33H48NO2/c1-8-9-10-11-12-13-14-15-16-17-30-29-24-32(36-7)31(35-6)23-26(29)22-25(2)34(30)28-20-18-27(19-21-28)33(3,4)5/h18-24H,8-17H2,1-7H3/q+1. The van der Waals surface area contributed by atoms with Crippen LogP contribution in [-0.4, -0.2) is 14.2 Å². The molecule has 36 heavy (non-hydrogen) atoms. The molecule has 1 aromatic heterocycles. The lowest BCUT2D eigenvalue weighted by molar-refractivity contribution is -0.609. The summed E-state index contributed by atoms with van der Waals surface area (Å²) >= 11 is 0. The second kappa shape index (κ2) is 13.1. The Labute approximate surface area is 219 Å². The first-order chi connectivity index (χ1) is 17.3. The summed E-state index contributed by atoms with van der Waals surface area (Å²) < 4.78 is 13.8. The second-order valence-electron chi connectivity index (χ2n) is 11.2. The molecule has 0 unspecified atom stereocenters. The highest BCUT2D eigenvalue weighted by Gasteiger charge is 2.24. The van der Waals surface area contributed by atoms with Gasteiger partial charge in [0.15, 0.2) is 22.9 Å². The summed E-state index contributed by atoms with van der Waals surface area (Å²) in [6, 6.07) is 15.7. The molecule has 3 aromatic rings. The molecule has 3 rings (SSSR count). The van der Waals surface area contributed by atoms with Crippen molar-refractivity contribution in [3.63, 3.8) is 0 Å². The minimum atomic E-state index is 0.144. The molecule has 0 amide bonds. The highest BCUT2D eigenvalue weighted by Crippen LogP contribution is 2.34. The van der Waals surface area contributed by atoms with Gasteiger partial charge in [-0.05, 0) is 34.9 Å². The zero-order valence-corrected chi connectivity index (χ0v) is 23.9. The van der Waals surface area contributed by atoms with Crippen molar-refractivity contribution in [3.8, 4) is 17.2 Å². The third kappa shape index (κ3) is 7.02. The number of pyridine rings is 1. The van der Waals surface area contributed by atoms with Crippen LogP contribution < -0.4 is 14.0 Å². The third-order valence-corrected chi connectivity index (χ3v) is 7.36. The van der Waals surface area contributed by atoms with E-state index in [-0.39, 0.29) is 5.41 Å². The van der Waals surface area contributed by atoms with E-state index in [1.165, 1.54) is 91.2 Å². The minimum Gasteiger partial charge on any atom is -0.493 e. The molecule has 196 valence electrons. The van der Waals surface area contributed by atoms with E-state index in [0.29, 0.717) is 0 Å². The van der Waals surface area contributed by atoms with Crippen LogP contribution in [-0.2, 0) is 11.8 Å². The Morgan fingerprint density at radius 3 is 1.83 bits per heavy atom. The number of aryl methyl sites for hydroxylation is 2. The van der Waals surface area contributed by atoms with Crippen molar-refractivity contribution in [1.29, 1.82) is 0 Å². The van der Waals surface area contributed by atoms with Gasteiger partial charge in [-0.3, -0.25) is 0 Å². The quantitative estimate of drug-likeness (QED) is 0.176. The molecule has 0 spiro atoms. The lowest BCUT2D eigenvalue weighted by Crippen LogP contribution is -2.39. The zero-order valence-electron chi connectivity index (χ0n) is 23.9. The van der Waals surface area contributed by atoms with Gasteiger partial charge in [0.05, 0.1) is 19.6 Å². The highest BCUT2D eigenvalue weighted by atomic mass is 16.5. The van der Waals surface area contributed by atoms with Crippen LogP contribution in [0.3, 0.4) is 0 Å². The van der Waals surface area contributed by atoms with E-state index >= 15 is 0 Å². The van der Waals surface area contributed by atoms with Crippen LogP contribution in [0.15, 0.2) is 42.5 Å². The molecule has 0 bridgehead atoms. The van der Waals surface area contributed by atoms with Crippen LogP contribution in [0.4, 0.5) is 0 Å². The maximum absolute atomic E-state index is 5.69. The molecular weight excluding hydrogens is 442 g/mol. The molecule has 0 aliphatic carbocycles. The van der Waals surface area contributed by atoms with Gasteiger partial charge in [0.25, 0.3) is 0 Å². The number of fused-ring (bicyclic) bond motifs is 1. The SMILES string of the molecule is CCCCCCCCCCCc1c2cc(OC)c(OC)cc2cc(C)[n+]1-c1ccc(C(C)(C)C)cc1. The molecule has 0 atom stereocenters. The number of rotatable bonds is 13. The largest absolute Gasteiger partial charge is 0.493 e. The van der Waals surface area contributed by atoms with Gasteiger partial charge in [-0.25, -0.2) is 0 Å². The van der Waals surface area contributed by atoms with Crippen molar-refractivity contribution in [2.75, 3.05) is 14.2 Å². The molecular formula is C33H48NO2+. The maximum Gasteiger partial charge on any atom is 0.211 e. The normalized spacial score (nSPS) is 11.8. The molecule has 0 saturated carbocycles. The van der Waals surface area contributed by atoms with Gasteiger partial charge in [-0.15, -0.1) is 0 Å². The van der Waals surface area contributed by atoms with Crippen molar-refractivity contribution in [1.82, 2.24) is 0 Å². The lowest BCUT2D eigenvalue weighted by atomic mass is 9.87. The van der Waals surface area contributed by atoms with Crippen LogP contribution >= 0.6 is 0 Å². The van der Waals surface area contributed by atoms with Crippen molar-refractivity contribution >= 4 is 10.8 Å². The fourth-order valence-corrected chi connectivity index (χ4v) is 5.21. The van der Waals surface area contributed by atoms with Crippen molar-refractivity contribution in [2.45, 2.75) is 104 Å². The third-order valence-electron chi connectivity index (χ3n) is 7.36. The predicted molar refractivity (Wildman–Crippen MR) is 153 cm³/mol. The zero-order chi connectivity index (χ0) is 26.1. The number of unbranched alkanes of at least 4 members (excludes halogenated alkanes) is 8.